The molecule has 2 heterocycles. The number of benzene rings is 2. The maximum Gasteiger partial charge on any atom is 0.410 e. The molecule has 1 aliphatic rings. The Kier molecular flexibility index (Phi) is 5.15. The molecule has 0 unspecified atom stereocenters. The van der Waals surface area contributed by atoms with Crippen LogP contribution in [0.3, 0.4) is 0 Å². The molecule has 2 aromatic carbocycles. The molecule has 7 heteroatoms. The predicted molar refractivity (Wildman–Crippen MR) is 110 cm³/mol. The van der Waals surface area contributed by atoms with Gasteiger partial charge in [0.1, 0.15) is 17.2 Å². The molecule has 29 heavy (non-hydrogen) atoms. The van der Waals surface area contributed by atoms with Gasteiger partial charge in [0, 0.05) is 22.9 Å². The number of nitrogens with one attached hydrogen (secondary N) is 1. The van der Waals surface area contributed by atoms with E-state index in [-0.39, 0.29) is 31.4 Å². The van der Waals surface area contributed by atoms with E-state index in [1.54, 1.807) is 6.07 Å². The van der Waals surface area contributed by atoms with Gasteiger partial charge in [-0.05, 0) is 30.2 Å². The van der Waals surface area contributed by atoms with Crippen LogP contribution in [0.15, 0.2) is 46.9 Å². The number of rotatable bonds is 4. The first-order chi connectivity index (χ1) is 13.9. The minimum atomic E-state index is -0.776. The second-order valence-electron chi connectivity index (χ2n) is 7.83. The molecule has 2 N–H and O–H groups in total. The van der Waals surface area contributed by atoms with Gasteiger partial charge in [-0.25, -0.2) is 4.79 Å². The van der Waals surface area contributed by atoms with Crippen molar-refractivity contribution < 1.29 is 23.8 Å². The first kappa shape index (κ1) is 19.3. The van der Waals surface area contributed by atoms with E-state index in [1.165, 1.54) is 4.90 Å². The molecule has 152 valence electrons. The summed E-state index contributed by atoms with van der Waals surface area (Å²) in [7, 11) is 0. The molecular formula is C22H24N2O5. The highest BCUT2D eigenvalue weighted by atomic mass is 16.6. The molecule has 2 atom stereocenters. The Morgan fingerprint density at radius 2 is 1.97 bits per heavy atom. The minimum absolute atomic E-state index is 0.0837. The fraction of sp³-hybridized carbons (Fsp3) is 0.364. The molecule has 0 spiro atoms. The van der Waals surface area contributed by atoms with Gasteiger partial charge in [-0.2, -0.15) is 0 Å². The summed E-state index contributed by atoms with van der Waals surface area (Å²) in [5.41, 5.74) is 2.12. The van der Waals surface area contributed by atoms with Crippen molar-refractivity contribution in [3.63, 3.8) is 0 Å². The van der Waals surface area contributed by atoms with Crippen LogP contribution < -0.4 is 5.32 Å². The third kappa shape index (κ3) is 3.91. The molecule has 0 aliphatic carbocycles. The second kappa shape index (κ2) is 7.75. The Morgan fingerprint density at radius 3 is 2.76 bits per heavy atom. The Balaban J connectivity index is 1.53. The monoisotopic (exact) mass is 396 g/mol. The number of likely N-dealkylation sites (tertiary alicyclic amines) is 1. The summed E-state index contributed by atoms with van der Waals surface area (Å²) >= 11 is 0. The lowest BCUT2D eigenvalue weighted by Crippen LogP contribution is -2.43. The number of amides is 2. The van der Waals surface area contributed by atoms with E-state index in [1.807, 2.05) is 50.2 Å². The highest BCUT2D eigenvalue weighted by molar-refractivity contribution is 6.07. The SMILES string of the molecule is CC(C)COC(=O)N1C[C@H](O)C[C@H]1C(=O)Nc1ccc2oc3ccccc3c2c1. The van der Waals surface area contributed by atoms with Gasteiger partial charge < -0.3 is 19.6 Å². The second-order valence-corrected chi connectivity index (χ2v) is 7.83. The molecule has 0 saturated carbocycles. The number of aliphatic hydroxyl groups is 1. The quantitative estimate of drug-likeness (QED) is 0.701. The van der Waals surface area contributed by atoms with Crippen LogP contribution in [0.2, 0.25) is 0 Å². The average Bonchev–Trinajstić information content (AvgIpc) is 3.26. The third-order valence-corrected chi connectivity index (χ3v) is 5.00. The fourth-order valence-electron chi connectivity index (χ4n) is 3.61. The Morgan fingerprint density at radius 1 is 1.21 bits per heavy atom. The molecule has 1 saturated heterocycles. The summed E-state index contributed by atoms with van der Waals surface area (Å²) in [6.07, 6.45) is -1.15. The Hall–Kier alpha value is -3.06. The van der Waals surface area contributed by atoms with Gasteiger partial charge in [-0.15, -0.1) is 0 Å². The molecule has 1 fully saturated rings. The van der Waals surface area contributed by atoms with Crippen LogP contribution in [0.5, 0.6) is 0 Å². The van der Waals surface area contributed by atoms with Gasteiger partial charge in [0.25, 0.3) is 0 Å². The van der Waals surface area contributed by atoms with Gasteiger partial charge in [-0.3, -0.25) is 9.69 Å². The van der Waals surface area contributed by atoms with Crippen molar-refractivity contribution in [2.75, 3.05) is 18.5 Å². The maximum absolute atomic E-state index is 12.9. The maximum atomic E-state index is 12.9. The molecule has 4 rings (SSSR count). The van der Waals surface area contributed by atoms with Gasteiger partial charge in [0.15, 0.2) is 0 Å². The molecule has 3 aromatic rings. The van der Waals surface area contributed by atoms with Crippen molar-refractivity contribution in [2.24, 2.45) is 5.92 Å². The lowest BCUT2D eigenvalue weighted by Gasteiger charge is -2.23. The van der Waals surface area contributed by atoms with Crippen LogP contribution in [0.25, 0.3) is 21.9 Å². The summed E-state index contributed by atoms with van der Waals surface area (Å²) < 4.78 is 11.1. The van der Waals surface area contributed by atoms with E-state index >= 15 is 0 Å². The Bertz CT molecular complexity index is 1060. The van der Waals surface area contributed by atoms with E-state index in [9.17, 15) is 14.7 Å². The molecule has 7 nitrogen and oxygen atoms in total. The number of hydrogen-bond donors (Lipinski definition) is 2. The molecule has 1 aromatic heterocycles. The van der Waals surface area contributed by atoms with Crippen molar-refractivity contribution in [1.82, 2.24) is 4.90 Å². The lowest BCUT2D eigenvalue weighted by atomic mass is 10.1. The summed E-state index contributed by atoms with van der Waals surface area (Å²) in [5.74, 6) is -0.162. The Labute approximate surface area is 168 Å². The smallest absolute Gasteiger partial charge is 0.410 e. The topological polar surface area (TPSA) is 92.0 Å². The van der Waals surface area contributed by atoms with E-state index in [0.717, 1.165) is 21.9 Å². The number of carbonyl (C=O) groups is 2. The van der Waals surface area contributed by atoms with Crippen LogP contribution in [-0.2, 0) is 9.53 Å². The lowest BCUT2D eigenvalue weighted by molar-refractivity contribution is -0.120. The standard InChI is InChI=1S/C22H24N2O5/c1-13(2)12-28-22(27)24-11-15(25)10-18(24)21(26)23-14-7-8-20-17(9-14)16-5-3-4-6-19(16)29-20/h3-9,13,15,18,25H,10-12H2,1-2H3,(H,23,26)/t15-,18+/m1/s1. The van der Waals surface area contributed by atoms with Crippen molar-refractivity contribution in [1.29, 1.82) is 0 Å². The van der Waals surface area contributed by atoms with E-state index in [2.05, 4.69) is 5.32 Å². The summed E-state index contributed by atoms with van der Waals surface area (Å²) in [5, 5.41) is 14.7. The van der Waals surface area contributed by atoms with E-state index in [0.29, 0.717) is 5.69 Å². The number of fused-ring (bicyclic) bond motifs is 3. The van der Waals surface area contributed by atoms with Crippen LogP contribution >= 0.6 is 0 Å². The molecule has 0 radical (unpaired) electrons. The zero-order valence-corrected chi connectivity index (χ0v) is 16.4. The van der Waals surface area contributed by atoms with Crippen LogP contribution in [0, 0.1) is 5.92 Å². The number of carbonyl (C=O) groups excluding carboxylic acids is 2. The fourth-order valence-corrected chi connectivity index (χ4v) is 3.61. The predicted octanol–water partition coefficient (Wildman–Crippen LogP) is 3.75. The number of nitrogens with zero attached hydrogens (tertiary/aromatic N) is 1. The number of anilines is 1. The zero-order chi connectivity index (χ0) is 20.5. The van der Waals surface area contributed by atoms with Gasteiger partial charge >= 0.3 is 6.09 Å². The number of aliphatic hydroxyl groups excluding tert-OH is 1. The van der Waals surface area contributed by atoms with Crippen molar-refractivity contribution >= 4 is 39.6 Å². The molecular weight excluding hydrogens is 372 g/mol. The molecule has 0 bridgehead atoms. The largest absolute Gasteiger partial charge is 0.456 e. The highest BCUT2D eigenvalue weighted by Gasteiger charge is 2.40. The zero-order valence-electron chi connectivity index (χ0n) is 16.4. The minimum Gasteiger partial charge on any atom is -0.456 e. The van der Waals surface area contributed by atoms with Crippen molar-refractivity contribution in [3.05, 3.63) is 42.5 Å². The van der Waals surface area contributed by atoms with Gasteiger partial charge in [0.2, 0.25) is 5.91 Å². The van der Waals surface area contributed by atoms with Crippen molar-refractivity contribution in [3.8, 4) is 0 Å². The normalized spacial score (nSPS) is 19.2. The number of hydrogen-bond acceptors (Lipinski definition) is 5. The molecule has 1 aliphatic heterocycles. The third-order valence-electron chi connectivity index (χ3n) is 5.00. The summed E-state index contributed by atoms with van der Waals surface area (Å²) in [6.45, 7) is 4.22. The van der Waals surface area contributed by atoms with Crippen LogP contribution in [0.4, 0.5) is 10.5 Å². The number of para-hydroxylation sites is 1. The van der Waals surface area contributed by atoms with Crippen LogP contribution in [0.1, 0.15) is 20.3 Å². The average molecular weight is 396 g/mol. The number of β-amino-alcohol motifs (C(OH)–C–C–N with tert-alkyl or cyclic N) is 1. The summed E-state index contributed by atoms with van der Waals surface area (Å²) in [4.78, 5) is 26.5. The first-order valence-corrected chi connectivity index (χ1v) is 9.76. The van der Waals surface area contributed by atoms with Gasteiger partial charge in [0.05, 0.1) is 19.3 Å². The van der Waals surface area contributed by atoms with E-state index in [4.69, 9.17) is 9.15 Å². The van der Waals surface area contributed by atoms with Crippen LogP contribution in [-0.4, -0.2) is 47.3 Å². The van der Waals surface area contributed by atoms with Crippen molar-refractivity contribution in [2.45, 2.75) is 32.4 Å². The first-order valence-electron chi connectivity index (χ1n) is 9.76. The number of ether oxygens (including phenoxy) is 1. The van der Waals surface area contributed by atoms with E-state index < -0.39 is 18.2 Å². The molecule has 2 amide bonds. The van der Waals surface area contributed by atoms with Gasteiger partial charge in [-0.1, -0.05) is 32.0 Å². The highest BCUT2D eigenvalue weighted by Crippen LogP contribution is 2.31. The number of furan rings is 1. The summed E-state index contributed by atoms with van der Waals surface area (Å²) in [6, 6.07) is 12.3.